The molecular formula is C12H12ClN3O2. The topological polar surface area (TPSA) is 67.2 Å². The summed E-state index contributed by atoms with van der Waals surface area (Å²) in [6, 6.07) is 4.53. The van der Waals surface area contributed by atoms with Gasteiger partial charge in [-0.1, -0.05) is 11.6 Å². The minimum Gasteiger partial charge on any atom is -0.478 e. The minimum atomic E-state index is -1.00. The molecule has 1 aromatic carbocycles. The molecule has 0 aliphatic carbocycles. The number of nitrogens with zero attached hydrogens (tertiary/aromatic N) is 2. The van der Waals surface area contributed by atoms with Crippen molar-refractivity contribution in [3.63, 3.8) is 0 Å². The number of anilines is 2. The van der Waals surface area contributed by atoms with E-state index in [2.05, 4.69) is 10.3 Å². The van der Waals surface area contributed by atoms with Crippen LogP contribution in [0, 0.1) is 0 Å². The van der Waals surface area contributed by atoms with Crippen LogP contribution in [-0.4, -0.2) is 20.6 Å². The molecule has 18 heavy (non-hydrogen) atoms. The summed E-state index contributed by atoms with van der Waals surface area (Å²) in [5, 5.41) is 12.3. The second-order valence-corrected chi connectivity index (χ2v) is 4.07. The van der Waals surface area contributed by atoms with Gasteiger partial charge in [0, 0.05) is 18.9 Å². The highest BCUT2D eigenvalue weighted by Gasteiger charge is 2.09. The number of hydrogen-bond acceptors (Lipinski definition) is 3. The highest BCUT2D eigenvalue weighted by molar-refractivity contribution is 6.33. The fraction of sp³-hybridized carbons (Fsp3) is 0.167. The van der Waals surface area contributed by atoms with Crippen LogP contribution in [0.4, 0.5) is 11.6 Å². The predicted molar refractivity (Wildman–Crippen MR) is 69.6 cm³/mol. The van der Waals surface area contributed by atoms with E-state index in [1.807, 2.05) is 17.7 Å². The average Bonchev–Trinajstić information content (AvgIpc) is 2.78. The monoisotopic (exact) mass is 265 g/mol. The van der Waals surface area contributed by atoms with E-state index < -0.39 is 5.97 Å². The standard InChI is InChI=1S/C12H12ClN3O2/c1-2-16-6-5-14-12(16)15-10-4-3-8(11(17)18)7-9(10)13/h3-7H,2H2,1H3,(H,14,15)(H,17,18). The van der Waals surface area contributed by atoms with Gasteiger partial charge in [0.1, 0.15) is 0 Å². The van der Waals surface area contributed by atoms with E-state index in [1.54, 1.807) is 12.3 Å². The van der Waals surface area contributed by atoms with Crippen LogP contribution in [-0.2, 0) is 6.54 Å². The smallest absolute Gasteiger partial charge is 0.335 e. The summed E-state index contributed by atoms with van der Waals surface area (Å²) < 4.78 is 1.92. The van der Waals surface area contributed by atoms with Gasteiger partial charge in [0.15, 0.2) is 0 Å². The lowest BCUT2D eigenvalue weighted by molar-refractivity contribution is 0.0697. The predicted octanol–water partition coefficient (Wildman–Crippen LogP) is 3.00. The number of aryl methyl sites for hydroxylation is 1. The molecule has 0 saturated heterocycles. The third-order valence-corrected chi connectivity index (χ3v) is 2.83. The van der Waals surface area contributed by atoms with Crippen molar-refractivity contribution >= 4 is 29.2 Å². The zero-order valence-electron chi connectivity index (χ0n) is 9.72. The molecule has 5 nitrogen and oxygen atoms in total. The Morgan fingerprint density at radius 1 is 1.56 bits per heavy atom. The van der Waals surface area contributed by atoms with Crippen molar-refractivity contribution in [1.82, 2.24) is 9.55 Å². The molecule has 2 N–H and O–H groups in total. The Morgan fingerprint density at radius 2 is 2.33 bits per heavy atom. The third-order valence-electron chi connectivity index (χ3n) is 2.52. The van der Waals surface area contributed by atoms with Crippen LogP contribution < -0.4 is 5.32 Å². The van der Waals surface area contributed by atoms with Crippen LogP contribution in [0.15, 0.2) is 30.6 Å². The summed E-state index contributed by atoms with van der Waals surface area (Å²) in [4.78, 5) is 14.9. The fourth-order valence-electron chi connectivity index (χ4n) is 1.56. The summed E-state index contributed by atoms with van der Waals surface area (Å²) in [6.07, 6.45) is 3.53. The SMILES string of the molecule is CCn1ccnc1Nc1ccc(C(=O)O)cc1Cl. The lowest BCUT2D eigenvalue weighted by Crippen LogP contribution is -2.03. The molecule has 0 saturated carbocycles. The maximum Gasteiger partial charge on any atom is 0.335 e. The van der Waals surface area contributed by atoms with Crippen LogP contribution in [0.1, 0.15) is 17.3 Å². The zero-order chi connectivity index (χ0) is 13.1. The zero-order valence-corrected chi connectivity index (χ0v) is 10.5. The van der Waals surface area contributed by atoms with E-state index in [-0.39, 0.29) is 5.56 Å². The van der Waals surface area contributed by atoms with Gasteiger partial charge in [0.05, 0.1) is 16.3 Å². The summed E-state index contributed by atoms with van der Waals surface area (Å²) >= 11 is 6.02. The Balaban J connectivity index is 2.27. The van der Waals surface area contributed by atoms with Crippen LogP contribution in [0.2, 0.25) is 5.02 Å². The lowest BCUT2D eigenvalue weighted by Gasteiger charge is -2.09. The minimum absolute atomic E-state index is 0.157. The van der Waals surface area contributed by atoms with Crippen molar-refractivity contribution in [3.8, 4) is 0 Å². The van der Waals surface area contributed by atoms with E-state index in [4.69, 9.17) is 16.7 Å². The first kappa shape index (κ1) is 12.4. The molecule has 0 aliphatic heterocycles. The summed E-state index contributed by atoms with van der Waals surface area (Å²) in [5.74, 6) is -0.332. The molecule has 1 heterocycles. The third kappa shape index (κ3) is 2.46. The molecule has 0 atom stereocenters. The van der Waals surface area contributed by atoms with Crippen molar-refractivity contribution in [2.45, 2.75) is 13.5 Å². The first-order chi connectivity index (χ1) is 8.61. The van der Waals surface area contributed by atoms with Gasteiger partial charge >= 0.3 is 5.97 Å². The Labute approximate surface area is 109 Å². The number of rotatable bonds is 4. The van der Waals surface area contributed by atoms with E-state index in [0.717, 1.165) is 6.54 Å². The molecule has 0 amide bonds. The molecule has 0 radical (unpaired) electrons. The first-order valence-electron chi connectivity index (χ1n) is 5.43. The molecule has 94 valence electrons. The molecule has 0 bridgehead atoms. The van der Waals surface area contributed by atoms with Gasteiger partial charge in [-0.2, -0.15) is 0 Å². The number of nitrogens with one attached hydrogen (secondary N) is 1. The normalized spacial score (nSPS) is 10.3. The van der Waals surface area contributed by atoms with Crippen molar-refractivity contribution < 1.29 is 9.90 Å². The van der Waals surface area contributed by atoms with E-state index in [9.17, 15) is 4.79 Å². The second kappa shape index (κ2) is 5.10. The molecule has 2 aromatic rings. The number of hydrogen-bond donors (Lipinski definition) is 2. The quantitative estimate of drug-likeness (QED) is 0.892. The molecule has 0 spiro atoms. The molecule has 1 aromatic heterocycles. The molecule has 2 rings (SSSR count). The van der Waals surface area contributed by atoms with Gasteiger partial charge < -0.3 is 15.0 Å². The molecule has 6 heteroatoms. The number of carbonyl (C=O) groups is 1. The highest BCUT2D eigenvalue weighted by Crippen LogP contribution is 2.25. The summed E-state index contributed by atoms with van der Waals surface area (Å²) in [7, 11) is 0. The number of aromatic nitrogens is 2. The lowest BCUT2D eigenvalue weighted by atomic mass is 10.2. The summed E-state index contributed by atoms with van der Waals surface area (Å²) in [6.45, 7) is 2.79. The maximum atomic E-state index is 10.8. The number of halogens is 1. The van der Waals surface area contributed by atoms with E-state index in [0.29, 0.717) is 16.7 Å². The van der Waals surface area contributed by atoms with Crippen LogP contribution in [0.25, 0.3) is 0 Å². The van der Waals surface area contributed by atoms with Gasteiger partial charge in [0.2, 0.25) is 5.95 Å². The second-order valence-electron chi connectivity index (χ2n) is 3.66. The van der Waals surface area contributed by atoms with Crippen molar-refractivity contribution in [2.75, 3.05) is 5.32 Å². The number of aromatic carboxylic acids is 1. The summed E-state index contributed by atoms with van der Waals surface area (Å²) in [5.41, 5.74) is 0.784. The van der Waals surface area contributed by atoms with Crippen molar-refractivity contribution in [1.29, 1.82) is 0 Å². The van der Waals surface area contributed by atoms with E-state index >= 15 is 0 Å². The molecule has 0 unspecified atom stereocenters. The highest BCUT2D eigenvalue weighted by atomic mass is 35.5. The number of carboxylic acid groups (broad SMARTS) is 1. The van der Waals surface area contributed by atoms with Crippen LogP contribution >= 0.6 is 11.6 Å². The average molecular weight is 266 g/mol. The van der Waals surface area contributed by atoms with Gasteiger partial charge in [-0.05, 0) is 25.1 Å². The number of benzene rings is 1. The van der Waals surface area contributed by atoms with E-state index in [1.165, 1.54) is 12.1 Å². The maximum absolute atomic E-state index is 10.8. The number of carboxylic acids is 1. The van der Waals surface area contributed by atoms with Gasteiger partial charge in [-0.25, -0.2) is 9.78 Å². The Morgan fingerprint density at radius 3 is 2.94 bits per heavy atom. The van der Waals surface area contributed by atoms with Crippen molar-refractivity contribution in [2.24, 2.45) is 0 Å². The first-order valence-corrected chi connectivity index (χ1v) is 5.80. The van der Waals surface area contributed by atoms with Crippen LogP contribution in [0.5, 0.6) is 0 Å². The Bertz CT molecular complexity index is 580. The largest absolute Gasteiger partial charge is 0.478 e. The Kier molecular flexibility index (Phi) is 3.53. The Hall–Kier alpha value is -2.01. The van der Waals surface area contributed by atoms with Gasteiger partial charge in [0.25, 0.3) is 0 Å². The molecule has 0 fully saturated rings. The fourth-order valence-corrected chi connectivity index (χ4v) is 1.79. The van der Waals surface area contributed by atoms with Crippen LogP contribution in [0.3, 0.4) is 0 Å². The van der Waals surface area contributed by atoms with Gasteiger partial charge in [-0.15, -0.1) is 0 Å². The van der Waals surface area contributed by atoms with Crippen molar-refractivity contribution in [3.05, 3.63) is 41.2 Å². The molecular weight excluding hydrogens is 254 g/mol. The molecule has 0 aliphatic rings. The van der Waals surface area contributed by atoms with Gasteiger partial charge in [-0.3, -0.25) is 0 Å². The number of imidazole rings is 1.